The molecular formula is C23H17Cl2F3N2O3. The van der Waals surface area contributed by atoms with Crippen LogP contribution in [-0.4, -0.2) is 16.4 Å². The van der Waals surface area contributed by atoms with Crippen molar-refractivity contribution in [1.82, 2.24) is 4.90 Å². The summed E-state index contributed by atoms with van der Waals surface area (Å²) in [7, 11) is 0. The van der Waals surface area contributed by atoms with Gasteiger partial charge in [-0.1, -0.05) is 47.5 Å². The van der Waals surface area contributed by atoms with E-state index in [9.17, 15) is 23.3 Å². The van der Waals surface area contributed by atoms with E-state index < -0.39 is 16.7 Å². The molecule has 172 valence electrons. The number of nitro benzene ring substituents is 1. The fourth-order valence-electron chi connectivity index (χ4n) is 3.76. The maximum absolute atomic E-state index is 13.0. The molecule has 3 aromatic carbocycles. The summed E-state index contributed by atoms with van der Waals surface area (Å²) in [6, 6.07) is 13.2. The van der Waals surface area contributed by atoms with E-state index >= 15 is 0 Å². The van der Waals surface area contributed by atoms with Crippen molar-refractivity contribution in [2.24, 2.45) is 0 Å². The van der Waals surface area contributed by atoms with Crippen LogP contribution in [0.2, 0.25) is 10.0 Å². The molecule has 0 aliphatic carbocycles. The standard InChI is InChI=1S/C23H17Cl2F3N2O3/c24-20-10-18(30(31)32)11-21(25)22(20)33-19-5-4-16-13-29(7-6-15(16)9-19)12-14-2-1-3-17(8-14)23(26,27)28/h1-5,8-11H,6-7,12-13H2. The van der Waals surface area contributed by atoms with Crippen molar-refractivity contribution in [2.45, 2.75) is 25.7 Å². The lowest BCUT2D eigenvalue weighted by Gasteiger charge is -2.29. The number of nitro groups is 1. The molecule has 0 fully saturated rings. The van der Waals surface area contributed by atoms with E-state index in [1.807, 2.05) is 12.1 Å². The molecule has 0 aromatic heterocycles. The molecule has 0 radical (unpaired) electrons. The monoisotopic (exact) mass is 496 g/mol. The Morgan fingerprint density at radius 3 is 2.42 bits per heavy atom. The van der Waals surface area contributed by atoms with Crippen LogP contribution in [0.1, 0.15) is 22.3 Å². The van der Waals surface area contributed by atoms with E-state index in [0.717, 1.165) is 17.2 Å². The topological polar surface area (TPSA) is 55.6 Å². The average Bonchev–Trinajstić information content (AvgIpc) is 2.75. The molecule has 0 saturated carbocycles. The van der Waals surface area contributed by atoms with Crippen LogP contribution in [0.5, 0.6) is 11.5 Å². The van der Waals surface area contributed by atoms with Gasteiger partial charge < -0.3 is 4.74 Å². The van der Waals surface area contributed by atoms with E-state index in [4.69, 9.17) is 27.9 Å². The highest BCUT2D eigenvalue weighted by Gasteiger charge is 2.30. The summed E-state index contributed by atoms with van der Waals surface area (Å²) in [6.07, 6.45) is -3.68. The van der Waals surface area contributed by atoms with Crippen molar-refractivity contribution in [3.05, 3.63) is 97.0 Å². The van der Waals surface area contributed by atoms with E-state index in [1.165, 1.54) is 24.3 Å². The third kappa shape index (κ3) is 5.40. The Hall–Kier alpha value is -2.81. The molecule has 0 amide bonds. The SMILES string of the molecule is O=[N+]([O-])c1cc(Cl)c(Oc2ccc3c(c2)CCN(Cc2cccc(C(F)(F)F)c2)C3)c(Cl)c1. The van der Waals surface area contributed by atoms with Crippen LogP contribution in [0.3, 0.4) is 0 Å². The van der Waals surface area contributed by atoms with Gasteiger partial charge in [0.05, 0.1) is 20.5 Å². The molecule has 33 heavy (non-hydrogen) atoms. The highest BCUT2D eigenvalue weighted by Crippen LogP contribution is 2.40. The molecule has 0 unspecified atom stereocenters. The minimum absolute atomic E-state index is 0.0270. The van der Waals surface area contributed by atoms with Crippen LogP contribution >= 0.6 is 23.2 Å². The Kier molecular flexibility index (Phi) is 6.52. The van der Waals surface area contributed by atoms with Crippen LogP contribution in [0.25, 0.3) is 0 Å². The highest BCUT2D eigenvalue weighted by molar-refractivity contribution is 6.37. The molecule has 1 heterocycles. The Labute approximate surface area is 197 Å². The van der Waals surface area contributed by atoms with Gasteiger partial charge >= 0.3 is 6.18 Å². The molecule has 5 nitrogen and oxygen atoms in total. The Balaban J connectivity index is 1.47. The zero-order valence-electron chi connectivity index (χ0n) is 17.0. The summed E-state index contributed by atoms with van der Waals surface area (Å²) in [5.41, 5.74) is 1.81. The van der Waals surface area contributed by atoms with Gasteiger partial charge in [0.2, 0.25) is 0 Å². The second-order valence-electron chi connectivity index (χ2n) is 7.69. The van der Waals surface area contributed by atoms with Gasteiger partial charge in [-0.3, -0.25) is 15.0 Å². The minimum atomic E-state index is -4.36. The molecular weight excluding hydrogens is 480 g/mol. The van der Waals surface area contributed by atoms with Crippen LogP contribution in [-0.2, 0) is 25.7 Å². The number of fused-ring (bicyclic) bond motifs is 1. The lowest BCUT2D eigenvalue weighted by molar-refractivity contribution is -0.384. The van der Waals surface area contributed by atoms with Gasteiger partial charge in [-0.15, -0.1) is 0 Å². The maximum Gasteiger partial charge on any atom is 0.416 e. The molecule has 10 heteroatoms. The Morgan fingerprint density at radius 1 is 1.03 bits per heavy atom. The molecule has 0 saturated heterocycles. The number of non-ortho nitro benzene ring substituents is 1. The highest BCUT2D eigenvalue weighted by atomic mass is 35.5. The van der Waals surface area contributed by atoms with E-state index in [2.05, 4.69) is 4.90 Å². The number of hydrogen-bond acceptors (Lipinski definition) is 4. The zero-order valence-corrected chi connectivity index (χ0v) is 18.5. The minimum Gasteiger partial charge on any atom is -0.454 e. The summed E-state index contributed by atoms with van der Waals surface area (Å²) in [6.45, 7) is 1.67. The van der Waals surface area contributed by atoms with Crippen molar-refractivity contribution in [1.29, 1.82) is 0 Å². The van der Waals surface area contributed by atoms with Crippen molar-refractivity contribution < 1.29 is 22.8 Å². The lowest BCUT2D eigenvalue weighted by atomic mass is 9.98. The normalized spacial score (nSPS) is 14.1. The van der Waals surface area contributed by atoms with Gasteiger partial charge in [-0.05, 0) is 41.3 Å². The Morgan fingerprint density at radius 2 is 1.76 bits per heavy atom. The summed E-state index contributed by atoms with van der Waals surface area (Å²) in [5, 5.41) is 11.0. The smallest absolute Gasteiger partial charge is 0.416 e. The first-order chi connectivity index (χ1) is 15.6. The number of nitrogens with zero attached hydrogens (tertiary/aromatic N) is 2. The average molecular weight is 497 g/mol. The first-order valence-corrected chi connectivity index (χ1v) is 10.7. The summed E-state index contributed by atoms with van der Waals surface area (Å²) in [4.78, 5) is 12.4. The third-order valence-electron chi connectivity index (χ3n) is 5.34. The fraction of sp³-hybridized carbons (Fsp3) is 0.217. The van der Waals surface area contributed by atoms with Crippen LogP contribution in [0.4, 0.5) is 18.9 Å². The van der Waals surface area contributed by atoms with Crippen LogP contribution in [0, 0.1) is 10.1 Å². The molecule has 1 aliphatic rings. The number of ether oxygens (including phenoxy) is 1. The molecule has 0 spiro atoms. The molecule has 3 aromatic rings. The van der Waals surface area contributed by atoms with E-state index in [1.54, 1.807) is 12.1 Å². The maximum atomic E-state index is 13.0. The first kappa shape index (κ1) is 23.4. The number of benzene rings is 3. The van der Waals surface area contributed by atoms with Crippen molar-refractivity contribution in [2.75, 3.05) is 6.54 Å². The largest absolute Gasteiger partial charge is 0.454 e. The third-order valence-corrected chi connectivity index (χ3v) is 5.90. The molecule has 0 atom stereocenters. The summed E-state index contributed by atoms with van der Waals surface area (Å²) >= 11 is 12.2. The molecule has 0 bridgehead atoms. The number of rotatable bonds is 5. The summed E-state index contributed by atoms with van der Waals surface area (Å²) < 4.78 is 44.7. The van der Waals surface area contributed by atoms with Crippen LogP contribution in [0.15, 0.2) is 54.6 Å². The van der Waals surface area contributed by atoms with Crippen molar-refractivity contribution >= 4 is 28.9 Å². The van der Waals surface area contributed by atoms with Crippen molar-refractivity contribution in [3.8, 4) is 11.5 Å². The Bertz CT molecular complexity index is 1190. The van der Waals surface area contributed by atoms with Crippen LogP contribution < -0.4 is 4.74 Å². The first-order valence-electron chi connectivity index (χ1n) is 9.92. The number of alkyl halides is 3. The van der Waals surface area contributed by atoms with Gasteiger partial charge in [0.1, 0.15) is 5.75 Å². The summed E-state index contributed by atoms with van der Waals surface area (Å²) in [5.74, 6) is 0.614. The van der Waals surface area contributed by atoms with Gasteiger partial charge in [-0.25, -0.2) is 0 Å². The van der Waals surface area contributed by atoms with Crippen molar-refractivity contribution in [3.63, 3.8) is 0 Å². The van der Waals surface area contributed by atoms with Gasteiger partial charge in [-0.2, -0.15) is 13.2 Å². The van der Waals surface area contributed by atoms with Gasteiger partial charge in [0.25, 0.3) is 5.69 Å². The predicted molar refractivity (Wildman–Crippen MR) is 119 cm³/mol. The number of hydrogen-bond donors (Lipinski definition) is 0. The molecule has 0 N–H and O–H groups in total. The van der Waals surface area contributed by atoms with E-state index in [0.29, 0.717) is 37.4 Å². The van der Waals surface area contributed by atoms with E-state index in [-0.39, 0.29) is 21.5 Å². The zero-order chi connectivity index (χ0) is 23.8. The molecule has 1 aliphatic heterocycles. The second kappa shape index (κ2) is 9.21. The predicted octanol–water partition coefficient (Wildman–Crippen LogP) is 7.27. The quantitative estimate of drug-likeness (QED) is 0.275. The lowest BCUT2D eigenvalue weighted by Crippen LogP contribution is -2.30. The van der Waals surface area contributed by atoms with Gasteiger partial charge in [0.15, 0.2) is 5.75 Å². The fourth-order valence-corrected chi connectivity index (χ4v) is 4.31. The molecule has 4 rings (SSSR count). The van der Waals surface area contributed by atoms with Gasteiger partial charge in [0, 0.05) is 31.8 Å². The second-order valence-corrected chi connectivity index (χ2v) is 8.50. The number of halogens is 5.